The van der Waals surface area contributed by atoms with Gasteiger partial charge in [0.2, 0.25) is 11.8 Å². The number of hydrogen-bond acceptors (Lipinski definition) is 2. The van der Waals surface area contributed by atoms with Crippen molar-refractivity contribution in [2.75, 3.05) is 6.26 Å². The summed E-state index contributed by atoms with van der Waals surface area (Å²) in [4.78, 5) is 1.92. The summed E-state index contributed by atoms with van der Waals surface area (Å²) in [5.41, 5.74) is 0. The Hall–Kier alpha value is -0.780. The van der Waals surface area contributed by atoms with E-state index in [1.54, 1.807) is 0 Å². The van der Waals surface area contributed by atoms with Gasteiger partial charge in [-0.1, -0.05) is 0 Å². The lowest BCUT2D eigenvalue weighted by molar-refractivity contribution is 0.381. The van der Waals surface area contributed by atoms with E-state index in [0.29, 0.717) is 11.8 Å². The molecule has 0 radical (unpaired) electrons. The number of pyridine rings is 1. The van der Waals surface area contributed by atoms with Gasteiger partial charge in [0.05, 0.1) is 0 Å². The fourth-order valence-corrected chi connectivity index (χ4v) is 1.12. The van der Waals surface area contributed by atoms with Crippen LogP contribution in [0.25, 0.3) is 0 Å². The van der Waals surface area contributed by atoms with Crippen LogP contribution in [0.1, 0.15) is 0 Å². The lowest BCUT2D eigenvalue weighted by atomic mass is 10.4. The number of nitrogens with zero attached hydrogens (tertiary/aromatic N) is 1. The maximum absolute atomic E-state index is 12.6. The summed E-state index contributed by atoms with van der Waals surface area (Å²) in [6.45, 7) is 0. The minimum absolute atomic E-state index is 0.617. The molecule has 1 heterocycles. The van der Waals surface area contributed by atoms with E-state index in [0.717, 1.165) is 0 Å². The predicted molar refractivity (Wildman–Crippen MR) is 35.9 cm³/mol. The fraction of sp³-hybridized carbons (Fsp3) is 0.167. The Labute approximate surface area is 69.8 Å². The average Bonchev–Trinajstić information content (AvgIpc) is 2.01. The fourth-order valence-electron chi connectivity index (χ4n) is 0.641. The average molecular weight is 197 g/mol. The zero-order valence-corrected chi connectivity index (χ0v) is 6.68. The highest BCUT2D eigenvalue weighted by Gasteiger charge is 2.19. The summed E-state index contributed by atoms with van der Waals surface area (Å²) in [6.07, 6.45) is 1.33. The third-order valence-electron chi connectivity index (χ3n) is 1.16. The molecule has 0 aliphatic heterocycles. The van der Waals surface area contributed by atoms with Crippen LogP contribution in [0.2, 0.25) is 0 Å². The molecule has 0 aliphatic carbocycles. The van der Waals surface area contributed by atoms with Crippen molar-refractivity contribution >= 4 is 11.8 Å². The van der Waals surface area contributed by atoms with E-state index in [1.165, 1.54) is 6.26 Å². The summed E-state index contributed by atoms with van der Waals surface area (Å²) >= 11 is 0.626. The molecule has 1 aromatic rings. The molecule has 0 fully saturated rings. The molecule has 0 unspecified atom stereocenters. The summed E-state index contributed by atoms with van der Waals surface area (Å²) in [5, 5.41) is 0. The van der Waals surface area contributed by atoms with E-state index in [4.69, 9.17) is 0 Å². The van der Waals surface area contributed by atoms with Crippen molar-refractivity contribution in [2.24, 2.45) is 0 Å². The molecular formula is C6H3F4NS. The van der Waals surface area contributed by atoms with Crippen LogP contribution in [0.5, 0.6) is 0 Å². The van der Waals surface area contributed by atoms with Gasteiger partial charge >= 0.3 is 0 Å². The van der Waals surface area contributed by atoms with E-state index in [2.05, 4.69) is 4.98 Å². The van der Waals surface area contributed by atoms with Crippen molar-refractivity contribution in [1.29, 1.82) is 0 Å². The number of halogens is 4. The summed E-state index contributed by atoms with van der Waals surface area (Å²) < 4.78 is 49.7. The Morgan fingerprint density at radius 3 is 2.08 bits per heavy atom. The van der Waals surface area contributed by atoms with E-state index in [-0.39, 0.29) is 0 Å². The molecule has 0 saturated heterocycles. The summed E-state index contributed by atoms with van der Waals surface area (Å²) in [7, 11) is 0. The van der Waals surface area contributed by atoms with Crippen LogP contribution in [0, 0.1) is 23.5 Å². The molecule has 0 aromatic carbocycles. The molecule has 6 heteroatoms. The van der Waals surface area contributed by atoms with E-state index in [1.807, 2.05) is 0 Å². The molecule has 0 atom stereocenters. The molecule has 0 N–H and O–H groups in total. The van der Waals surface area contributed by atoms with Gasteiger partial charge in [-0.05, 0) is 6.26 Å². The van der Waals surface area contributed by atoms with Crippen LogP contribution in [-0.2, 0) is 0 Å². The second-order valence-corrected chi connectivity index (χ2v) is 2.67. The molecule has 1 nitrogen and oxygen atoms in total. The Bertz CT molecular complexity index is 315. The van der Waals surface area contributed by atoms with Crippen molar-refractivity contribution < 1.29 is 17.6 Å². The maximum Gasteiger partial charge on any atom is 0.254 e. The van der Waals surface area contributed by atoms with Gasteiger partial charge in [0, 0.05) is 0 Å². The Kier molecular flexibility index (Phi) is 2.56. The van der Waals surface area contributed by atoms with Gasteiger partial charge in [0.1, 0.15) is 4.90 Å². The SMILES string of the molecule is CSc1c(F)nc(F)c(F)c1F. The topological polar surface area (TPSA) is 12.9 Å². The number of rotatable bonds is 1. The minimum Gasteiger partial charge on any atom is -0.202 e. The van der Waals surface area contributed by atoms with Gasteiger partial charge in [0.15, 0.2) is 5.82 Å². The first-order valence-electron chi connectivity index (χ1n) is 2.82. The van der Waals surface area contributed by atoms with E-state index >= 15 is 0 Å². The first-order valence-corrected chi connectivity index (χ1v) is 4.04. The van der Waals surface area contributed by atoms with Crippen LogP contribution >= 0.6 is 11.8 Å². The summed E-state index contributed by atoms with van der Waals surface area (Å²) in [6, 6.07) is 0. The minimum atomic E-state index is -1.76. The standard InChI is InChI=1S/C6H3F4NS/c1-12-4-2(7)3(8)5(9)11-6(4)10/h1H3. The van der Waals surface area contributed by atoms with Crippen molar-refractivity contribution in [2.45, 2.75) is 4.90 Å². The van der Waals surface area contributed by atoms with Crippen molar-refractivity contribution in [3.8, 4) is 0 Å². The van der Waals surface area contributed by atoms with Crippen molar-refractivity contribution in [1.82, 2.24) is 4.98 Å². The highest BCUT2D eigenvalue weighted by molar-refractivity contribution is 7.98. The van der Waals surface area contributed by atoms with Gasteiger partial charge in [-0.15, -0.1) is 11.8 Å². The van der Waals surface area contributed by atoms with Crippen LogP contribution in [0.4, 0.5) is 17.6 Å². The molecule has 0 aliphatic rings. The largest absolute Gasteiger partial charge is 0.254 e. The number of aromatic nitrogens is 1. The monoisotopic (exact) mass is 197 g/mol. The molecule has 1 rings (SSSR count). The quantitative estimate of drug-likeness (QED) is 0.389. The number of thioether (sulfide) groups is 1. The molecule has 66 valence electrons. The highest BCUT2D eigenvalue weighted by Crippen LogP contribution is 2.24. The molecule has 0 spiro atoms. The zero-order valence-electron chi connectivity index (χ0n) is 5.87. The van der Waals surface area contributed by atoms with Gasteiger partial charge < -0.3 is 0 Å². The molecule has 0 bridgehead atoms. The molecule has 12 heavy (non-hydrogen) atoms. The summed E-state index contributed by atoms with van der Waals surface area (Å²) in [5.74, 6) is -6.38. The second-order valence-electron chi connectivity index (χ2n) is 1.85. The zero-order chi connectivity index (χ0) is 9.30. The predicted octanol–water partition coefficient (Wildman–Crippen LogP) is 2.36. The lowest BCUT2D eigenvalue weighted by Gasteiger charge is -2.00. The van der Waals surface area contributed by atoms with E-state index < -0.39 is 28.4 Å². The third kappa shape index (κ3) is 1.38. The Morgan fingerprint density at radius 1 is 1.00 bits per heavy atom. The van der Waals surface area contributed by atoms with Gasteiger partial charge in [-0.3, -0.25) is 0 Å². The Balaban J connectivity index is 3.40. The molecule has 1 aromatic heterocycles. The van der Waals surface area contributed by atoms with Crippen LogP contribution in [-0.4, -0.2) is 11.2 Å². The maximum atomic E-state index is 12.6. The molecule has 0 amide bonds. The number of hydrogen-bond donors (Lipinski definition) is 0. The van der Waals surface area contributed by atoms with Crippen LogP contribution < -0.4 is 0 Å². The second kappa shape index (κ2) is 3.30. The normalized spacial score (nSPS) is 10.4. The van der Waals surface area contributed by atoms with Crippen molar-refractivity contribution in [3.05, 3.63) is 23.5 Å². The van der Waals surface area contributed by atoms with Gasteiger partial charge in [-0.2, -0.15) is 18.2 Å². The van der Waals surface area contributed by atoms with Crippen LogP contribution in [0.15, 0.2) is 4.90 Å². The highest BCUT2D eigenvalue weighted by atomic mass is 32.2. The van der Waals surface area contributed by atoms with Crippen LogP contribution in [0.3, 0.4) is 0 Å². The Morgan fingerprint density at radius 2 is 1.58 bits per heavy atom. The third-order valence-corrected chi connectivity index (χ3v) is 1.92. The smallest absolute Gasteiger partial charge is 0.202 e. The van der Waals surface area contributed by atoms with Gasteiger partial charge in [0.25, 0.3) is 5.95 Å². The first kappa shape index (κ1) is 9.31. The van der Waals surface area contributed by atoms with Crippen molar-refractivity contribution in [3.63, 3.8) is 0 Å². The first-order chi connectivity index (χ1) is 5.57. The van der Waals surface area contributed by atoms with Gasteiger partial charge in [-0.25, -0.2) is 4.39 Å². The molecular weight excluding hydrogens is 194 g/mol. The van der Waals surface area contributed by atoms with E-state index in [9.17, 15) is 17.6 Å². The lowest BCUT2D eigenvalue weighted by Crippen LogP contribution is -2.01. The molecule has 0 saturated carbocycles.